The highest BCUT2D eigenvalue weighted by molar-refractivity contribution is 5.85. The molecule has 1 aromatic rings. The second kappa shape index (κ2) is 6.23. The predicted molar refractivity (Wildman–Crippen MR) is 67.9 cm³/mol. The third-order valence-corrected chi connectivity index (χ3v) is 2.95. The van der Waals surface area contributed by atoms with E-state index in [4.69, 9.17) is 16.2 Å². The van der Waals surface area contributed by atoms with E-state index in [1.807, 2.05) is 0 Å². The Bertz CT molecular complexity index is 451. The van der Waals surface area contributed by atoms with Crippen LogP contribution < -0.4 is 16.2 Å². The van der Waals surface area contributed by atoms with Crippen LogP contribution in [-0.2, 0) is 4.79 Å². The molecule has 0 aliphatic heterocycles. The summed E-state index contributed by atoms with van der Waals surface area (Å²) >= 11 is 0. The van der Waals surface area contributed by atoms with Gasteiger partial charge in [-0.05, 0) is 25.1 Å². The summed E-state index contributed by atoms with van der Waals surface area (Å²) in [5, 5.41) is 0. The highest BCUT2D eigenvalue weighted by atomic mass is 19.4. The fraction of sp³-hybridized carbons (Fsp3) is 0.462. The van der Waals surface area contributed by atoms with Gasteiger partial charge in [-0.15, -0.1) is 0 Å². The van der Waals surface area contributed by atoms with Crippen molar-refractivity contribution in [2.75, 3.05) is 6.54 Å². The molecule has 112 valence electrons. The van der Waals surface area contributed by atoms with Crippen LogP contribution in [0, 0.1) is 5.92 Å². The van der Waals surface area contributed by atoms with Crippen molar-refractivity contribution in [2.45, 2.75) is 25.2 Å². The minimum atomic E-state index is -4.69. The molecule has 2 unspecified atom stereocenters. The molecule has 0 heterocycles. The zero-order chi connectivity index (χ0) is 15.4. The summed E-state index contributed by atoms with van der Waals surface area (Å²) in [7, 11) is 0. The van der Waals surface area contributed by atoms with Crippen LogP contribution in [0.15, 0.2) is 30.3 Å². The Morgan fingerprint density at radius 3 is 2.25 bits per heavy atom. The monoisotopic (exact) mass is 290 g/mol. The van der Waals surface area contributed by atoms with E-state index in [2.05, 4.69) is 0 Å². The molecule has 7 heteroatoms. The summed E-state index contributed by atoms with van der Waals surface area (Å²) in [6.45, 7) is 0.715. The highest BCUT2D eigenvalue weighted by Crippen LogP contribution is 2.37. The maximum atomic E-state index is 13.1. The summed E-state index contributed by atoms with van der Waals surface area (Å²) in [5.41, 5.74) is 8.35. The number of para-hydroxylation sites is 1. The average molecular weight is 290 g/mol. The van der Waals surface area contributed by atoms with Crippen molar-refractivity contribution in [3.8, 4) is 5.75 Å². The van der Waals surface area contributed by atoms with Crippen LogP contribution in [0.1, 0.15) is 13.3 Å². The molecule has 0 saturated carbocycles. The molecule has 1 rings (SSSR count). The van der Waals surface area contributed by atoms with Crippen LogP contribution in [0.2, 0.25) is 0 Å². The summed E-state index contributed by atoms with van der Waals surface area (Å²) in [4.78, 5) is 11.6. The minimum absolute atomic E-state index is 0.0940. The first-order valence-corrected chi connectivity index (χ1v) is 6.02. The van der Waals surface area contributed by atoms with Gasteiger partial charge in [0.2, 0.25) is 5.72 Å². The number of nitrogens with two attached hydrogens (primary N) is 2. The van der Waals surface area contributed by atoms with Crippen LogP contribution in [0.25, 0.3) is 0 Å². The molecule has 0 aliphatic rings. The molecule has 20 heavy (non-hydrogen) atoms. The summed E-state index contributed by atoms with van der Waals surface area (Å²) < 4.78 is 44.5. The Hall–Kier alpha value is -1.60. The number of rotatable bonds is 6. The Morgan fingerprint density at radius 1 is 1.30 bits per heavy atom. The number of hydrogen-bond donors (Lipinski definition) is 2. The molecule has 0 aliphatic carbocycles. The van der Waals surface area contributed by atoms with Gasteiger partial charge in [-0.2, -0.15) is 13.2 Å². The number of halogens is 3. The first kappa shape index (κ1) is 16.5. The second-order valence-corrected chi connectivity index (χ2v) is 4.44. The fourth-order valence-electron chi connectivity index (χ4n) is 1.86. The van der Waals surface area contributed by atoms with E-state index in [1.54, 1.807) is 18.2 Å². The van der Waals surface area contributed by atoms with Crippen molar-refractivity contribution in [1.82, 2.24) is 0 Å². The molecule has 4 N–H and O–H groups in total. The van der Waals surface area contributed by atoms with Gasteiger partial charge in [-0.25, -0.2) is 0 Å². The van der Waals surface area contributed by atoms with Crippen LogP contribution in [0.5, 0.6) is 5.75 Å². The normalized spacial score (nSPS) is 16.3. The van der Waals surface area contributed by atoms with Gasteiger partial charge >= 0.3 is 6.18 Å². The summed E-state index contributed by atoms with van der Waals surface area (Å²) in [6, 6.07) is 7.67. The van der Waals surface area contributed by atoms with E-state index in [9.17, 15) is 18.0 Å². The van der Waals surface area contributed by atoms with Crippen molar-refractivity contribution >= 4 is 5.78 Å². The van der Waals surface area contributed by atoms with Crippen molar-refractivity contribution in [3.63, 3.8) is 0 Å². The lowest BCUT2D eigenvalue weighted by molar-refractivity contribution is -0.219. The SMILES string of the molecule is CC(=O)C(N)(Oc1ccccc1)C(CCN)C(F)(F)F. The number of carbonyl (C=O) groups is 1. The topological polar surface area (TPSA) is 78.3 Å². The number of hydrogen-bond acceptors (Lipinski definition) is 4. The molecular weight excluding hydrogens is 273 g/mol. The van der Waals surface area contributed by atoms with E-state index >= 15 is 0 Å². The van der Waals surface area contributed by atoms with E-state index in [0.29, 0.717) is 0 Å². The van der Waals surface area contributed by atoms with Crippen LogP contribution in [0.3, 0.4) is 0 Å². The number of benzene rings is 1. The standard InChI is InChI=1S/C13H17F3N2O2/c1-9(19)12(18,11(7-8-17)13(14,15)16)20-10-5-3-2-4-6-10/h2-6,11H,7-8,17-18H2,1H3. The zero-order valence-electron chi connectivity index (χ0n) is 11.0. The Balaban J connectivity index is 3.15. The molecule has 0 radical (unpaired) electrons. The maximum absolute atomic E-state index is 13.1. The van der Waals surface area contributed by atoms with Gasteiger partial charge in [0, 0.05) is 6.92 Å². The fourth-order valence-corrected chi connectivity index (χ4v) is 1.86. The quantitative estimate of drug-likeness (QED) is 0.784. The van der Waals surface area contributed by atoms with Gasteiger partial charge in [-0.3, -0.25) is 10.5 Å². The smallest absolute Gasteiger partial charge is 0.397 e. The lowest BCUT2D eigenvalue weighted by atomic mass is 9.89. The average Bonchev–Trinajstić information content (AvgIpc) is 2.35. The first-order valence-electron chi connectivity index (χ1n) is 6.02. The Morgan fingerprint density at radius 2 is 1.85 bits per heavy atom. The molecule has 0 amide bonds. The Kier molecular flexibility index (Phi) is 5.13. The number of carbonyl (C=O) groups excluding carboxylic acids is 1. The van der Waals surface area contributed by atoms with Gasteiger partial charge in [0.05, 0.1) is 0 Å². The summed E-state index contributed by atoms with van der Waals surface area (Å²) in [6.07, 6.45) is -5.18. The minimum Gasteiger partial charge on any atom is -0.465 e. The second-order valence-electron chi connectivity index (χ2n) is 4.44. The number of alkyl halides is 3. The van der Waals surface area contributed by atoms with Crippen LogP contribution in [-0.4, -0.2) is 24.2 Å². The van der Waals surface area contributed by atoms with E-state index in [-0.39, 0.29) is 12.3 Å². The van der Waals surface area contributed by atoms with Gasteiger partial charge in [0.15, 0.2) is 5.78 Å². The van der Waals surface area contributed by atoms with E-state index in [0.717, 1.165) is 6.92 Å². The lowest BCUT2D eigenvalue weighted by Gasteiger charge is -2.36. The third kappa shape index (κ3) is 3.71. The van der Waals surface area contributed by atoms with Gasteiger partial charge in [0.1, 0.15) is 11.7 Å². The molecule has 1 aromatic carbocycles. The van der Waals surface area contributed by atoms with Crippen molar-refractivity contribution in [2.24, 2.45) is 17.4 Å². The zero-order valence-corrected chi connectivity index (χ0v) is 11.0. The van der Waals surface area contributed by atoms with Crippen molar-refractivity contribution in [1.29, 1.82) is 0 Å². The molecule has 2 atom stereocenters. The van der Waals surface area contributed by atoms with Crippen LogP contribution in [0.4, 0.5) is 13.2 Å². The number of Topliss-reactive ketones (excluding diaryl/α,β-unsaturated/α-hetero) is 1. The van der Waals surface area contributed by atoms with Crippen LogP contribution >= 0.6 is 0 Å². The van der Waals surface area contributed by atoms with Crippen molar-refractivity contribution < 1.29 is 22.7 Å². The van der Waals surface area contributed by atoms with E-state index < -0.39 is 30.0 Å². The number of ether oxygens (including phenoxy) is 1. The molecular formula is C13H17F3N2O2. The first-order chi connectivity index (χ1) is 9.21. The molecule has 0 fully saturated rings. The molecule has 4 nitrogen and oxygen atoms in total. The van der Waals surface area contributed by atoms with Gasteiger partial charge < -0.3 is 10.5 Å². The highest BCUT2D eigenvalue weighted by Gasteiger charge is 2.55. The largest absolute Gasteiger partial charge is 0.465 e. The molecule has 0 aromatic heterocycles. The summed E-state index contributed by atoms with van der Waals surface area (Å²) in [5.74, 6) is -2.98. The molecule has 0 spiro atoms. The number of ketones is 1. The molecule has 0 bridgehead atoms. The Labute approximate surface area is 114 Å². The molecule has 0 saturated heterocycles. The third-order valence-electron chi connectivity index (χ3n) is 2.95. The lowest BCUT2D eigenvalue weighted by Crippen LogP contribution is -2.62. The van der Waals surface area contributed by atoms with E-state index in [1.165, 1.54) is 12.1 Å². The predicted octanol–water partition coefficient (Wildman–Crippen LogP) is 1.84. The van der Waals surface area contributed by atoms with Crippen molar-refractivity contribution in [3.05, 3.63) is 30.3 Å². The maximum Gasteiger partial charge on any atom is 0.397 e. The van der Waals surface area contributed by atoms with Gasteiger partial charge in [-0.1, -0.05) is 18.2 Å². The van der Waals surface area contributed by atoms with Gasteiger partial charge in [0.25, 0.3) is 0 Å².